The molecule has 0 heterocycles. The van der Waals surface area contributed by atoms with E-state index in [-0.39, 0.29) is 28.6 Å². The van der Waals surface area contributed by atoms with Crippen molar-refractivity contribution >= 4 is 59.2 Å². The van der Waals surface area contributed by atoms with Crippen molar-refractivity contribution in [3.63, 3.8) is 0 Å². The molecular weight excluding hydrogens is 606 g/mol. The van der Waals surface area contributed by atoms with Crippen LogP contribution in [0.5, 0.6) is 0 Å². The molecule has 6 aromatic rings. The maximum atomic E-state index is 11.6. The molecule has 214 valence electrons. The molecule has 0 saturated carbocycles. The van der Waals surface area contributed by atoms with Crippen LogP contribution in [-0.4, -0.2) is 11.6 Å². The largest absolute Gasteiger partial charge is 2.00 e. The Labute approximate surface area is 267 Å². The van der Waals surface area contributed by atoms with Gasteiger partial charge in [0.2, 0.25) is 0 Å². The molecular formula is C38H32FeO2P2. The zero-order chi connectivity index (χ0) is 29.3. The average molecular weight is 638 g/mol. The average Bonchev–Trinajstić information content (AvgIpc) is 3.72. The summed E-state index contributed by atoms with van der Waals surface area (Å²) in [5, 5.41) is 7.68. The maximum Gasteiger partial charge on any atom is 2.00 e. The zero-order valence-corrected chi connectivity index (χ0v) is 27.0. The summed E-state index contributed by atoms with van der Waals surface area (Å²) in [6, 6.07) is 54.1. The summed E-state index contributed by atoms with van der Waals surface area (Å²) in [5.74, 6) is 0.245. The molecule has 0 unspecified atom stereocenters. The van der Waals surface area contributed by atoms with Gasteiger partial charge in [-0.15, -0.1) is 21.7 Å². The van der Waals surface area contributed by atoms with E-state index < -0.39 is 15.8 Å². The molecule has 0 saturated heterocycles. The van der Waals surface area contributed by atoms with Crippen LogP contribution in [0.3, 0.4) is 0 Å². The number of carbonyl (C=O) groups is 2. The van der Waals surface area contributed by atoms with E-state index in [0.717, 1.165) is 11.1 Å². The van der Waals surface area contributed by atoms with Gasteiger partial charge in [-0.25, -0.2) is 12.1 Å². The summed E-state index contributed by atoms with van der Waals surface area (Å²) in [5.41, 5.74) is 1.59. The fourth-order valence-electron chi connectivity index (χ4n) is 4.78. The molecule has 0 aliphatic rings. The quantitative estimate of drug-likeness (QED) is 0.0803. The van der Waals surface area contributed by atoms with Crippen molar-refractivity contribution in [2.75, 3.05) is 0 Å². The molecule has 6 aromatic carbocycles. The molecule has 0 radical (unpaired) electrons. The van der Waals surface area contributed by atoms with E-state index in [1.807, 2.05) is 48.5 Å². The summed E-state index contributed by atoms with van der Waals surface area (Å²) in [6.45, 7) is 3.23. The minimum Gasteiger partial charge on any atom is -0.310 e. The summed E-state index contributed by atoms with van der Waals surface area (Å²) < 4.78 is 0. The molecule has 0 aromatic heterocycles. The van der Waals surface area contributed by atoms with E-state index >= 15 is 0 Å². The topological polar surface area (TPSA) is 34.1 Å². The van der Waals surface area contributed by atoms with Gasteiger partial charge in [0.25, 0.3) is 0 Å². The fourth-order valence-corrected chi connectivity index (χ4v) is 9.43. The Hall–Kier alpha value is -3.70. The van der Waals surface area contributed by atoms with Crippen molar-refractivity contribution in [2.24, 2.45) is 0 Å². The molecule has 0 atom stereocenters. The van der Waals surface area contributed by atoms with Crippen LogP contribution in [0, 0.1) is 0 Å². The van der Waals surface area contributed by atoms with Crippen molar-refractivity contribution in [3.05, 3.63) is 169 Å². The van der Waals surface area contributed by atoms with Gasteiger partial charge in [0.1, 0.15) is 0 Å². The number of Topliss-reactive ketones (excluding diaryl/α,β-unsaturated/α-hetero) is 2. The first-order valence-corrected chi connectivity index (χ1v) is 16.6. The molecule has 5 heteroatoms. The summed E-state index contributed by atoms with van der Waals surface area (Å²) in [4.78, 5) is 23.1. The molecule has 0 amide bonds. The van der Waals surface area contributed by atoms with Gasteiger partial charge in [-0.2, -0.15) is 24.3 Å². The SMILES string of the molecule is CC(=O)c1cc[c-](P(c2ccccc2)c2ccccc2)c1.CC(=O)c1cc[c-](P(c2ccccc2)c2ccccc2)c1.[Fe+2]. The second-order valence-corrected chi connectivity index (χ2v) is 14.3. The third-order valence-corrected chi connectivity index (χ3v) is 11.7. The number of carbonyl (C=O) groups excluding carboxylic acids is 2. The minimum absolute atomic E-state index is 0. The van der Waals surface area contributed by atoms with Crippen LogP contribution in [0.2, 0.25) is 0 Å². The third-order valence-electron chi connectivity index (χ3n) is 6.86. The normalized spacial score (nSPS) is 10.5. The number of rotatable bonds is 8. The van der Waals surface area contributed by atoms with Crippen molar-refractivity contribution in [2.45, 2.75) is 13.8 Å². The minimum atomic E-state index is -0.602. The Bertz CT molecular complexity index is 1520. The van der Waals surface area contributed by atoms with Gasteiger partial charge < -0.3 is 9.59 Å². The van der Waals surface area contributed by atoms with Crippen LogP contribution in [0.25, 0.3) is 0 Å². The second-order valence-electron chi connectivity index (χ2n) is 9.84. The predicted octanol–water partition coefficient (Wildman–Crippen LogP) is 6.73. The Morgan fingerprint density at radius 3 is 0.907 bits per heavy atom. The Balaban J connectivity index is 0.000000192. The zero-order valence-electron chi connectivity index (χ0n) is 24.1. The molecule has 2 nitrogen and oxygen atoms in total. The summed E-state index contributed by atoms with van der Waals surface area (Å²) >= 11 is 0. The first-order chi connectivity index (χ1) is 20.5. The molecule has 6 rings (SSSR count). The van der Waals surface area contributed by atoms with Crippen LogP contribution in [0.4, 0.5) is 0 Å². The molecule has 0 aliphatic carbocycles. The van der Waals surface area contributed by atoms with Gasteiger partial charge in [-0.05, 0) is 35.1 Å². The van der Waals surface area contributed by atoms with Gasteiger partial charge in [0, 0.05) is 0 Å². The molecule has 0 aliphatic heterocycles. The molecule has 0 N–H and O–H groups in total. The summed E-state index contributed by atoms with van der Waals surface area (Å²) in [7, 11) is -1.20. The standard InChI is InChI=1S/2C19H16OP.Fe/c2*1-15(20)16-12-13-19(14-16)21(17-8-4-2-5-9-17)18-10-6-3-7-11-18;/h2*2-14H,1H3;/q2*-1;+2. The van der Waals surface area contributed by atoms with Crippen LogP contribution in [0.15, 0.2) is 158 Å². The van der Waals surface area contributed by atoms with Crippen molar-refractivity contribution in [1.29, 1.82) is 0 Å². The maximum absolute atomic E-state index is 11.6. The van der Waals surface area contributed by atoms with Gasteiger partial charge >= 0.3 is 17.1 Å². The molecule has 0 spiro atoms. The van der Waals surface area contributed by atoms with Crippen LogP contribution < -0.4 is 31.8 Å². The summed E-state index contributed by atoms with van der Waals surface area (Å²) in [6.07, 6.45) is 0. The van der Waals surface area contributed by atoms with Crippen molar-refractivity contribution in [3.8, 4) is 0 Å². The Morgan fingerprint density at radius 1 is 0.442 bits per heavy atom. The van der Waals surface area contributed by atoms with Gasteiger partial charge in [0.05, 0.1) is 11.6 Å². The Kier molecular flexibility index (Phi) is 11.7. The van der Waals surface area contributed by atoms with E-state index in [9.17, 15) is 9.59 Å². The van der Waals surface area contributed by atoms with Gasteiger partial charge in [-0.3, -0.25) is 0 Å². The van der Waals surface area contributed by atoms with E-state index in [1.165, 1.54) is 31.8 Å². The van der Waals surface area contributed by atoms with E-state index in [0.29, 0.717) is 0 Å². The fraction of sp³-hybridized carbons (Fsp3) is 0.0526. The first kappa shape index (κ1) is 32.2. The third kappa shape index (κ3) is 8.23. The van der Waals surface area contributed by atoms with Crippen LogP contribution in [0.1, 0.15) is 34.6 Å². The van der Waals surface area contributed by atoms with Crippen LogP contribution in [-0.2, 0) is 17.1 Å². The smallest absolute Gasteiger partial charge is 0.310 e. The molecule has 43 heavy (non-hydrogen) atoms. The monoisotopic (exact) mass is 638 g/mol. The van der Waals surface area contributed by atoms with Crippen molar-refractivity contribution < 1.29 is 26.7 Å². The second kappa shape index (κ2) is 15.7. The number of benzene rings is 4. The number of hydrogen-bond donors (Lipinski definition) is 0. The Morgan fingerprint density at radius 2 is 0.698 bits per heavy atom. The molecule has 0 fully saturated rings. The molecule has 0 bridgehead atoms. The van der Waals surface area contributed by atoms with Crippen LogP contribution >= 0.6 is 15.8 Å². The predicted molar refractivity (Wildman–Crippen MR) is 181 cm³/mol. The van der Waals surface area contributed by atoms with Gasteiger partial charge in [-0.1, -0.05) is 137 Å². The van der Waals surface area contributed by atoms with Gasteiger partial charge in [0.15, 0.2) is 0 Å². The number of ketones is 2. The first-order valence-electron chi connectivity index (χ1n) is 13.9. The van der Waals surface area contributed by atoms with E-state index in [2.05, 4.69) is 109 Å². The van der Waals surface area contributed by atoms with E-state index in [1.54, 1.807) is 13.8 Å². The number of hydrogen-bond acceptors (Lipinski definition) is 2. The van der Waals surface area contributed by atoms with E-state index in [4.69, 9.17) is 0 Å². The van der Waals surface area contributed by atoms with Crippen molar-refractivity contribution in [1.82, 2.24) is 0 Å².